The van der Waals surface area contributed by atoms with Gasteiger partial charge in [0.25, 0.3) is 0 Å². The van der Waals surface area contributed by atoms with Crippen LogP contribution >= 0.6 is 0 Å². The van der Waals surface area contributed by atoms with Crippen molar-refractivity contribution >= 4 is 17.9 Å². The molecule has 0 spiro atoms. The van der Waals surface area contributed by atoms with Gasteiger partial charge in [0.2, 0.25) is 0 Å². The second kappa shape index (κ2) is 6.81. The van der Waals surface area contributed by atoms with Gasteiger partial charge in [-0.25, -0.2) is 0 Å². The Bertz CT molecular complexity index is 841. The van der Waals surface area contributed by atoms with Gasteiger partial charge in [-0.05, 0) is 60.7 Å². The highest BCUT2D eigenvalue weighted by molar-refractivity contribution is 6.14. The first-order valence-electron chi connectivity index (χ1n) is 8.37. The smallest absolute Gasteiger partial charge is 0.185 e. The molecule has 1 aromatic carbocycles. The van der Waals surface area contributed by atoms with Crippen molar-refractivity contribution in [2.24, 2.45) is 0 Å². The predicted octanol–water partition coefficient (Wildman–Crippen LogP) is 5.49. The summed E-state index contributed by atoms with van der Waals surface area (Å²) in [4.78, 5) is 12.9. The highest BCUT2D eigenvalue weighted by Gasteiger charge is 2.29. The lowest BCUT2D eigenvalue weighted by molar-refractivity contribution is -0.113. The van der Waals surface area contributed by atoms with Crippen molar-refractivity contribution in [3.63, 3.8) is 0 Å². The minimum Gasteiger partial charge on any atom is -0.465 e. The lowest BCUT2D eigenvalue weighted by Gasteiger charge is -2.26. The molecular formula is C22H18O3. The summed E-state index contributed by atoms with van der Waals surface area (Å²) in [5.74, 6) is 1.74. The quantitative estimate of drug-likeness (QED) is 0.597. The lowest BCUT2D eigenvalue weighted by Crippen LogP contribution is -2.18. The molecular weight excluding hydrogens is 312 g/mol. The predicted molar refractivity (Wildman–Crippen MR) is 96.8 cm³/mol. The maximum atomic E-state index is 12.9. The van der Waals surface area contributed by atoms with Crippen molar-refractivity contribution in [1.82, 2.24) is 0 Å². The topological polar surface area (TPSA) is 43.4 Å². The lowest BCUT2D eigenvalue weighted by atomic mass is 9.77. The minimum absolute atomic E-state index is 0.0694. The van der Waals surface area contributed by atoms with Crippen molar-refractivity contribution in [3.05, 3.63) is 95.4 Å². The molecule has 0 aliphatic heterocycles. The zero-order valence-corrected chi connectivity index (χ0v) is 13.7. The Morgan fingerprint density at radius 3 is 1.80 bits per heavy atom. The Morgan fingerprint density at radius 2 is 1.32 bits per heavy atom. The summed E-state index contributed by atoms with van der Waals surface area (Å²) in [7, 11) is 0. The molecule has 0 saturated heterocycles. The van der Waals surface area contributed by atoms with E-state index in [0.29, 0.717) is 24.4 Å². The van der Waals surface area contributed by atoms with Crippen LogP contribution in [0.2, 0.25) is 0 Å². The molecule has 1 aliphatic carbocycles. The molecule has 2 heterocycles. The number of rotatable bonds is 3. The Morgan fingerprint density at radius 1 is 0.760 bits per heavy atom. The Labute approximate surface area is 146 Å². The fourth-order valence-electron chi connectivity index (χ4n) is 3.29. The van der Waals surface area contributed by atoms with Crippen molar-refractivity contribution in [2.75, 3.05) is 0 Å². The van der Waals surface area contributed by atoms with E-state index in [2.05, 4.69) is 12.1 Å². The highest BCUT2D eigenvalue weighted by atomic mass is 16.3. The first-order chi connectivity index (χ1) is 12.3. The SMILES string of the molecule is O=C1C(=Cc2ccco2)CC(c2ccccc2)C/C1=C\c1ccco1. The Kier molecular flexibility index (Phi) is 4.21. The van der Waals surface area contributed by atoms with Gasteiger partial charge in [-0.2, -0.15) is 0 Å². The van der Waals surface area contributed by atoms with E-state index < -0.39 is 0 Å². The standard InChI is InChI=1S/C22H18O3/c23-22-18(14-20-8-4-10-24-20)12-17(16-6-2-1-3-7-16)13-19(22)15-21-9-5-11-25-21/h1-11,14-15,17H,12-13H2/b18-14+,19-15?. The van der Waals surface area contributed by atoms with Gasteiger partial charge in [0.1, 0.15) is 11.5 Å². The molecule has 2 aromatic heterocycles. The fraction of sp³-hybridized carbons (Fsp3) is 0.136. The van der Waals surface area contributed by atoms with Gasteiger partial charge in [-0.15, -0.1) is 0 Å². The van der Waals surface area contributed by atoms with Crippen LogP contribution in [0.4, 0.5) is 0 Å². The van der Waals surface area contributed by atoms with E-state index in [1.165, 1.54) is 5.56 Å². The van der Waals surface area contributed by atoms with Crippen LogP contribution in [0, 0.1) is 0 Å². The largest absolute Gasteiger partial charge is 0.465 e. The number of carbonyl (C=O) groups is 1. The first-order valence-corrected chi connectivity index (χ1v) is 8.37. The van der Waals surface area contributed by atoms with Crippen molar-refractivity contribution in [1.29, 1.82) is 0 Å². The van der Waals surface area contributed by atoms with Crippen LogP contribution < -0.4 is 0 Å². The van der Waals surface area contributed by atoms with E-state index in [0.717, 1.165) is 11.1 Å². The van der Waals surface area contributed by atoms with Crippen LogP contribution in [-0.2, 0) is 4.79 Å². The van der Waals surface area contributed by atoms with Gasteiger partial charge >= 0.3 is 0 Å². The van der Waals surface area contributed by atoms with Crippen molar-refractivity contribution in [3.8, 4) is 0 Å². The van der Waals surface area contributed by atoms with Crippen LogP contribution in [0.5, 0.6) is 0 Å². The Hall–Kier alpha value is -3.07. The second-order valence-electron chi connectivity index (χ2n) is 6.21. The molecule has 1 saturated carbocycles. The third kappa shape index (κ3) is 3.41. The van der Waals surface area contributed by atoms with Crippen LogP contribution in [0.15, 0.2) is 87.1 Å². The molecule has 1 aliphatic rings. The summed E-state index contributed by atoms with van der Waals surface area (Å²) < 4.78 is 10.8. The Balaban J connectivity index is 1.73. The van der Waals surface area contributed by atoms with E-state index in [1.54, 1.807) is 12.5 Å². The van der Waals surface area contributed by atoms with Crippen LogP contribution in [0.1, 0.15) is 35.8 Å². The van der Waals surface area contributed by atoms with Gasteiger partial charge in [0.15, 0.2) is 5.78 Å². The number of ketones is 1. The fourth-order valence-corrected chi connectivity index (χ4v) is 3.29. The zero-order valence-electron chi connectivity index (χ0n) is 13.7. The van der Waals surface area contributed by atoms with E-state index in [-0.39, 0.29) is 11.7 Å². The summed E-state index contributed by atoms with van der Waals surface area (Å²) in [6, 6.07) is 17.7. The van der Waals surface area contributed by atoms with E-state index in [9.17, 15) is 4.79 Å². The summed E-state index contributed by atoms with van der Waals surface area (Å²) in [5, 5.41) is 0. The number of allylic oxidation sites excluding steroid dienone is 2. The van der Waals surface area contributed by atoms with E-state index >= 15 is 0 Å². The molecule has 0 amide bonds. The highest BCUT2D eigenvalue weighted by Crippen LogP contribution is 2.38. The monoisotopic (exact) mass is 330 g/mol. The molecule has 124 valence electrons. The second-order valence-corrected chi connectivity index (χ2v) is 6.21. The normalized spacial score (nSPS) is 21.1. The third-order valence-electron chi connectivity index (χ3n) is 4.51. The number of hydrogen-bond donors (Lipinski definition) is 0. The maximum Gasteiger partial charge on any atom is 0.185 e. The summed E-state index contributed by atoms with van der Waals surface area (Å²) in [6.45, 7) is 0. The van der Waals surface area contributed by atoms with Gasteiger partial charge in [0.05, 0.1) is 12.5 Å². The molecule has 25 heavy (non-hydrogen) atoms. The maximum absolute atomic E-state index is 12.9. The molecule has 1 unspecified atom stereocenters. The molecule has 4 rings (SSSR count). The summed E-state index contributed by atoms with van der Waals surface area (Å²) in [6.07, 6.45) is 8.36. The number of hydrogen-bond acceptors (Lipinski definition) is 3. The third-order valence-corrected chi connectivity index (χ3v) is 4.51. The molecule has 3 nitrogen and oxygen atoms in total. The molecule has 0 bridgehead atoms. The number of furan rings is 2. The minimum atomic E-state index is 0.0694. The summed E-state index contributed by atoms with van der Waals surface area (Å²) >= 11 is 0. The zero-order chi connectivity index (χ0) is 17.1. The first kappa shape index (κ1) is 15.5. The molecule has 3 aromatic rings. The van der Waals surface area contributed by atoms with Gasteiger partial charge in [-0.1, -0.05) is 30.3 Å². The molecule has 1 fully saturated rings. The van der Waals surface area contributed by atoms with Crippen LogP contribution in [0.25, 0.3) is 12.2 Å². The van der Waals surface area contributed by atoms with Gasteiger partial charge < -0.3 is 8.83 Å². The molecule has 3 heteroatoms. The van der Waals surface area contributed by atoms with Crippen molar-refractivity contribution in [2.45, 2.75) is 18.8 Å². The average molecular weight is 330 g/mol. The van der Waals surface area contributed by atoms with E-state index in [4.69, 9.17) is 8.83 Å². The molecule has 1 atom stereocenters. The van der Waals surface area contributed by atoms with Crippen LogP contribution in [-0.4, -0.2) is 5.78 Å². The molecule has 0 N–H and O–H groups in total. The van der Waals surface area contributed by atoms with Gasteiger partial charge in [-0.3, -0.25) is 4.79 Å². The number of carbonyl (C=O) groups excluding carboxylic acids is 1. The molecule has 0 radical (unpaired) electrons. The average Bonchev–Trinajstić information content (AvgIpc) is 3.33. The van der Waals surface area contributed by atoms with E-state index in [1.807, 2.05) is 54.6 Å². The van der Waals surface area contributed by atoms with Crippen LogP contribution in [0.3, 0.4) is 0 Å². The number of Topliss-reactive ketones (excluding diaryl/α,β-unsaturated/α-hetero) is 1. The van der Waals surface area contributed by atoms with Gasteiger partial charge in [0, 0.05) is 11.1 Å². The summed E-state index contributed by atoms with van der Waals surface area (Å²) in [5.41, 5.74) is 2.78. The number of benzene rings is 1. The van der Waals surface area contributed by atoms with Crippen molar-refractivity contribution < 1.29 is 13.6 Å².